The summed E-state index contributed by atoms with van der Waals surface area (Å²) in [4.78, 5) is 11.6. The first-order valence-electron chi connectivity index (χ1n) is 4.25. The van der Waals surface area contributed by atoms with Crippen LogP contribution in [0.1, 0.15) is 27.7 Å². The number of carbonyl (C=O) groups is 1. The van der Waals surface area contributed by atoms with E-state index in [9.17, 15) is 4.79 Å². The molecule has 1 amide bonds. The van der Waals surface area contributed by atoms with Crippen LogP contribution in [0.15, 0.2) is 0 Å². The highest BCUT2D eigenvalue weighted by Gasteiger charge is 2.29. The summed E-state index contributed by atoms with van der Waals surface area (Å²) >= 11 is 0. The summed E-state index contributed by atoms with van der Waals surface area (Å²) in [5, 5.41) is 2.74. The molecule has 0 aliphatic carbocycles. The number of nitrogens with one attached hydrogen (secondary N) is 1. The third kappa shape index (κ3) is 3.47. The first-order valence-corrected chi connectivity index (χ1v) is 4.25. The molecule has 0 aromatic carbocycles. The quantitative estimate of drug-likeness (QED) is 0.624. The van der Waals surface area contributed by atoms with Crippen molar-refractivity contribution in [1.29, 1.82) is 0 Å². The second-order valence-electron chi connectivity index (χ2n) is 4.31. The number of rotatable bonds is 3. The van der Waals surface area contributed by atoms with E-state index < -0.39 is 11.0 Å². The Bertz CT molecular complexity index is 236. The van der Waals surface area contributed by atoms with Gasteiger partial charge in [-0.1, -0.05) is 5.92 Å². The highest BCUT2D eigenvalue weighted by Crippen LogP contribution is 2.14. The lowest BCUT2D eigenvalue weighted by Gasteiger charge is -2.27. The van der Waals surface area contributed by atoms with E-state index in [1.165, 1.54) is 0 Å². The Morgan fingerprint density at radius 3 is 2.23 bits per heavy atom. The zero-order valence-corrected chi connectivity index (χ0v) is 8.77. The third-order valence-corrected chi connectivity index (χ3v) is 1.91. The van der Waals surface area contributed by atoms with Gasteiger partial charge in [-0.25, -0.2) is 0 Å². The molecule has 0 radical (unpaired) electrons. The molecule has 74 valence electrons. The van der Waals surface area contributed by atoms with Gasteiger partial charge in [0, 0.05) is 6.54 Å². The van der Waals surface area contributed by atoms with Crippen LogP contribution in [0.3, 0.4) is 0 Å². The monoisotopic (exact) mass is 182 g/mol. The minimum Gasteiger partial charge on any atom is -0.340 e. The third-order valence-electron chi connectivity index (χ3n) is 1.91. The molecule has 0 heterocycles. The smallest absolute Gasteiger partial charge is 0.228 e. The molecule has 3 heteroatoms. The molecule has 0 aliphatic heterocycles. The lowest BCUT2D eigenvalue weighted by atomic mass is 9.91. The summed E-state index contributed by atoms with van der Waals surface area (Å²) in [5.74, 6) is 2.38. The van der Waals surface area contributed by atoms with Crippen LogP contribution in [-0.2, 0) is 4.79 Å². The zero-order valence-electron chi connectivity index (χ0n) is 8.77. The number of amides is 1. The van der Waals surface area contributed by atoms with Gasteiger partial charge in [-0.05, 0) is 27.7 Å². The van der Waals surface area contributed by atoms with Gasteiger partial charge in [0.05, 0.1) is 11.0 Å². The van der Waals surface area contributed by atoms with Crippen molar-refractivity contribution >= 4 is 5.91 Å². The van der Waals surface area contributed by atoms with Gasteiger partial charge in [-0.15, -0.1) is 6.42 Å². The molecular formula is C10H18N2O. The van der Waals surface area contributed by atoms with Gasteiger partial charge in [0.2, 0.25) is 5.91 Å². The Morgan fingerprint density at radius 2 is 1.92 bits per heavy atom. The van der Waals surface area contributed by atoms with Crippen molar-refractivity contribution in [1.82, 2.24) is 5.32 Å². The molecule has 0 saturated carbocycles. The van der Waals surface area contributed by atoms with Gasteiger partial charge in [-0.2, -0.15) is 0 Å². The lowest BCUT2D eigenvalue weighted by Crippen LogP contribution is -2.50. The summed E-state index contributed by atoms with van der Waals surface area (Å²) in [6, 6.07) is 0. The van der Waals surface area contributed by atoms with Crippen LogP contribution in [-0.4, -0.2) is 18.0 Å². The fraction of sp³-hybridized carbons (Fsp3) is 0.700. The van der Waals surface area contributed by atoms with Crippen LogP contribution >= 0.6 is 0 Å². The average Bonchev–Trinajstić information content (AvgIpc) is 2.04. The molecule has 0 spiro atoms. The summed E-state index contributed by atoms with van der Waals surface area (Å²) < 4.78 is 0. The van der Waals surface area contributed by atoms with Gasteiger partial charge in [0.1, 0.15) is 0 Å². The Morgan fingerprint density at radius 1 is 1.46 bits per heavy atom. The minimum absolute atomic E-state index is 0.113. The number of hydrogen-bond acceptors (Lipinski definition) is 2. The van der Waals surface area contributed by atoms with Crippen LogP contribution in [0.4, 0.5) is 0 Å². The topological polar surface area (TPSA) is 55.1 Å². The van der Waals surface area contributed by atoms with E-state index in [1.807, 2.05) is 0 Å². The predicted molar refractivity (Wildman–Crippen MR) is 53.9 cm³/mol. The number of carbonyl (C=O) groups excluding carboxylic acids is 1. The first kappa shape index (κ1) is 12.0. The molecule has 0 aliphatic rings. The molecule has 0 bridgehead atoms. The van der Waals surface area contributed by atoms with Crippen LogP contribution in [0.25, 0.3) is 0 Å². The van der Waals surface area contributed by atoms with Crippen molar-refractivity contribution in [3.63, 3.8) is 0 Å². The molecule has 13 heavy (non-hydrogen) atoms. The van der Waals surface area contributed by atoms with E-state index in [0.717, 1.165) is 0 Å². The maximum absolute atomic E-state index is 11.6. The maximum atomic E-state index is 11.6. The second kappa shape index (κ2) is 3.80. The molecule has 3 nitrogen and oxygen atoms in total. The Kier molecular flexibility index (Phi) is 3.50. The molecule has 3 N–H and O–H groups in total. The van der Waals surface area contributed by atoms with Gasteiger partial charge >= 0.3 is 0 Å². The standard InChI is InChI=1S/C10H18N2O/c1-6-10(4,5)12-8(13)9(2,3)7-11/h1H,7,11H2,2-5H3,(H,12,13). The largest absolute Gasteiger partial charge is 0.340 e. The predicted octanol–water partition coefficient (Wildman–Crippen LogP) is 0.499. The second-order valence-corrected chi connectivity index (χ2v) is 4.31. The van der Waals surface area contributed by atoms with Crippen molar-refractivity contribution in [2.45, 2.75) is 33.2 Å². The molecule has 0 fully saturated rings. The Balaban J connectivity index is 4.43. The molecule has 0 saturated heterocycles. The van der Waals surface area contributed by atoms with Crippen molar-refractivity contribution in [3.05, 3.63) is 0 Å². The zero-order chi connectivity index (χ0) is 10.7. The maximum Gasteiger partial charge on any atom is 0.228 e. The van der Waals surface area contributed by atoms with Gasteiger partial charge < -0.3 is 11.1 Å². The number of hydrogen-bond donors (Lipinski definition) is 2. The average molecular weight is 182 g/mol. The van der Waals surface area contributed by atoms with E-state index in [-0.39, 0.29) is 5.91 Å². The SMILES string of the molecule is C#CC(C)(C)NC(=O)C(C)(C)CN. The normalized spacial score (nSPS) is 12.0. The molecular weight excluding hydrogens is 164 g/mol. The summed E-state index contributed by atoms with van der Waals surface area (Å²) in [6.45, 7) is 7.43. The highest BCUT2D eigenvalue weighted by atomic mass is 16.2. The number of terminal acetylenes is 1. The Hall–Kier alpha value is -1.01. The van der Waals surface area contributed by atoms with E-state index in [4.69, 9.17) is 12.2 Å². The highest BCUT2D eigenvalue weighted by molar-refractivity contribution is 5.83. The first-order chi connectivity index (χ1) is 5.75. The summed E-state index contributed by atoms with van der Waals surface area (Å²) in [5.41, 5.74) is 4.29. The van der Waals surface area contributed by atoms with Gasteiger partial charge in [-0.3, -0.25) is 4.79 Å². The van der Waals surface area contributed by atoms with Gasteiger partial charge in [0.25, 0.3) is 0 Å². The van der Waals surface area contributed by atoms with Crippen LogP contribution in [0.2, 0.25) is 0 Å². The lowest BCUT2D eigenvalue weighted by molar-refractivity contribution is -0.129. The molecule has 0 unspecified atom stereocenters. The Labute approximate surface area is 80.1 Å². The minimum atomic E-state index is -0.608. The van der Waals surface area contributed by atoms with Gasteiger partial charge in [0.15, 0.2) is 0 Å². The van der Waals surface area contributed by atoms with E-state index in [2.05, 4.69) is 11.2 Å². The molecule has 0 aromatic rings. The van der Waals surface area contributed by atoms with Crippen LogP contribution in [0, 0.1) is 17.8 Å². The van der Waals surface area contributed by atoms with E-state index in [0.29, 0.717) is 6.54 Å². The molecule has 0 atom stereocenters. The molecule has 0 aromatic heterocycles. The number of nitrogens with two attached hydrogens (primary N) is 1. The fourth-order valence-corrected chi connectivity index (χ4v) is 0.582. The van der Waals surface area contributed by atoms with Crippen molar-refractivity contribution in [2.75, 3.05) is 6.54 Å². The summed E-state index contributed by atoms with van der Waals surface area (Å²) in [7, 11) is 0. The van der Waals surface area contributed by atoms with E-state index in [1.54, 1.807) is 27.7 Å². The van der Waals surface area contributed by atoms with Crippen molar-refractivity contribution in [2.24, 2.45) is 11.1 Å². The van der Waals surface area contributed by atoms with Crippen LogP contribution in [0.5, 0.6) is 0 Å². The van der Waals surface area contributed by atoms with E-state index >= 15 is 0 Å². The van der Waals surface area contributed by atoms with Crippen molar-refractivity contribution < 1.29 is 4.79 Å². The fourth-order valence-electron chi connectivity index (χ4n) is 0.582. The van der Waals surface area contributed by atoms with Crippen molar-refractivity contribution in [3.8, 4) is 12.3 Å². The van der Waals surface area contributed by atoms with Crippen LogP contribution < -0.4 is 11.1 Å². The summed E-state index contributed by atoms with van der Waals surface area (Å²) in [6.07, 6.45) is 5.24. The molecule has 0 rings (SSSR count).